The van der Waals surface area contributed by atoms with E-state index in [1.165, 1.54) is 12.7 Å². The van der Waals surface area contributed by atoms with Crippen LogP contribution < -0.4 is 0 Å². The fourth-order valence-corrected chi connectivity index (χ4v) is 2.34. The summed E-state index contributed by atoms with van der Waals surface area (Å²) < 4.78 is 10.2. The number of furan rings is 1. The molecule has 1 heterocycles. The molecule has 2 aromatic rings. The van der Waals surface area contributed by atoms with Gasteiger partial charge in [0, 0.05) is 12.6 Å². The predicted octanol–water partition coefficient (Wildman–Crippen LogP) is 3.21. The molecule has 0 radical (unpaired) electrons. The maximum absolute atomic E-state index is 12.4. The minimum atomic E-state index is -0.443. The van der Waals surface area contributed by atoms with Crippen LogP contribution >= 0.6 is 0 Å². The molecule has 1 amide bonds. The third kappa shape index (κ3) is 3.80. The van der Waals surface area contributed by atoms with Crippen LogP contribution in [-0.2, 0) is 17.7 Å². The lowest BCUT2D eigenvalue weighted by Crippen LogP contribution is -2.26. The first-order chi connectivity index (χ1) is 11.0. The van der Waals surface area contributed by atoms with Crippen LogP contribution in [0.5, 0.6) is 0 Å². The molecule has 0 N–H and O–H groups in total. The van der Waals surface area contributed by atoms with E-state index in [2.05, 4.69) is 6.92 Å². The van der Waals surface area contributed by atoms with Crippen molar-refractivity contribution in [1.29, 1.82) is 0 Å². The number of ether oxygens (including phenoxy) is 1. The number of carbonyl (C=O) groups is 2. The predicted molar refractivity (Wildman–Crippen MR) is 86.4 cm³/mol. The lowest BCUT2D eigenvalue weighted by Gasteiger charge is -2.16. The number of hydrogen-bond acceptors (Lipinski definition) is 4. The van der Waals surface area contributed by atoms with Gasteiger partial charge in [-0.15, -0.1) is 0 Å². The molecule has 0 unspecified atom stereocenters. The van der Waals surface area contributed by atoms with Crippen LogP contribution in [0.4, 0.5) is 0 Å². The van der Waals surface area contributed by atoms with Gasteiger partial charge in [-0.05, 0) is 37.1 Å². The Labute approximate surface area is 135 Å². The summed E-state index contributed by atoms with van der Waals surface area (Å²) in [6.07, 6.45) is 0.937. The van der Waals surface area contributed by atoms with Gasteiger partial charge in [-0.3, -0.25) is 4.79 Å². The number of nitrogens with zero attached hydrogens (tertiary/aromatic N) is 1. The highest BCUT2D eigenvalue weighted by Crippen LogP contribution is 2.18. The molecule has 0 fully saturated rings. The first-order valence-electron chi connectivity index (χ1n) is 7.48. The average molecular weight is 315 g/mol. The van der Waals surface area contributed by atoms with Crippen molar-refractivity contribution in [3.05, 3.63) is 58.5 Å². The van der Waals surface area contributed by atoms with Crippen molar-refractivity contribution >= 4 is 11.9 Å². The second-order valence-electron chi connectivity index (χ2n) is 5.39. The molecule has 0 saturated heterocycles. The van der Waals surface area contributed by atoms with E-state index in [0.717, 1.165) is 6.42 Å². The number of aryl methyl sites for hydroxylation is 2. The third-order valence-electron chi connectivity index (χ3n) is 3.72. The maximum Gasteiger partial charge on any atom is 0.341 e. The normalized spacial score (nSPS) is 10.4. The molecule has 122 valence electrons. The summed E-state index contributed by atoms with van der Waals surface area (Å²) in [6.45, 7) is 4.05. The summed E-state index contributed by atoms with van der Waals surface area (Å²) in [5, 5.41) is 0. The number of methoxy groups -OCH3 is 1. The second-order valence-corrected chi connectivity index (χ2v) is 5.39. The SMILES string of the molecule is CCc1ccc(C(=O)N(C)Cc2cc(C(=O)OC)c(C)o2)cc1. The Balaban J connectivity index is 2.10. The van der Waals surface area contributed by atoms with Gasteiger partial charge in [-0.25, -0.2) is 4.79 Å². The highest BCUT2D eigenvalue weighted by Gasteiger charge is 2.18. The lowest BCUT2D eigenvalue weighted by molar-refractivity contribution is 0.0598. The molecule has 0 bridgehead atoms. The number of rotatable bonds is 5. The van der Waals surface area contributed by atoms with E-state index in [0.29, 0.717) is 22.6 Å². The molecule has 0 aliphatic heterocycles. The van der Waals surface area contributed by atoms with Crippen LogP contribution in [0.15, 0.2) is 34.7 Å². The Hall–Kier alpha value is -2.56. The summed E-state index contributed by atoms with van der Waals surface area (Å²) >= 11 is 0. The van der Waals surface area contributed by atoms with Crippen molar-refractivity contribution in [2.24, 2.45) is 0 Å². The second kappa shape index (κ2) is 7.13. The van der Waals surface area contributed by atoms with E-state index in [-0.39, 0.29) is 12.5 Å². The van der Waals surface area contributed by atoms with Crippen molar-refractivity contribution in [2.45, 2.75) is 26.8 Å². The first-order valence-corrected chi connectivity index (χ1v) is 7.48. The molecule has 1 aromatic carbocycles. The molecule has 2 rings (SSSR count). The molecule has 23 heavy (non-hydrogen) atoms. The zero-order valence-corrected chi connectivity index (χ0v) is 13.9. The standard InChI is InChI=1S/C18H21NO4/c1-5-13-6-8-14(9-7-13)17(20)19(3)11-15-10-16(12(2)23-15)18(21)22-4/h6-10H,5,11H2,1-4H3. The minimum Gasteiger partial charge on any atom is -0.465 e. The van der Waals surface area contributed by atoms with Crippen LogP contribution in [0.1, 0.15) is 44.7 Å². The highest BCUT2D eigenvalue weighted by atomic mass is 16.5. The molecular formula is C18H21NO4. The van der Waals surface area contributed by atoms with Crippen LogP contribution in [0.25, 0.3) is 0 Å². The zero-order chi connectivity index (χ0) is 17.0. The number of esters is 1. The number of carbonyl (C=O) groups excluding carboxylic acids is 2. The molecule has 5 nitrogen and oxygen atoms in total. The van der Waals surface area contributed by atoms with Crippen LogP contribution in [0.3, 0.4) is 0 Å². The Bertz CT molecular complexity index is 700. The summed E-state index contributed by atoms with van der Waals surface area (Å²) in [6, 6.07) is 9.17. The third-order valence-corrected chi connectivity index (χ3v) is 3.72. The molecular weight excluding hydrogens is 294 g/mol. The fraction of sp³-hybridized carbons (Fsp3) is 0.333. The number of amides is 1. The van der Waals surface area contributed by atoms with Crippen molar-refractivity contribution in [3.8, 4) is 0 Å². The van der Waals surface area contributed by atoms with E-state index in [1.807, 2.05) is 24.3 Å². The minimum absolute atomic E-state index is 0.0960. The van der Waals surface area contributed by atoms with Gasteiger partial charge in [-0.1, -0.05) is 19.1 Å². The Morgan fingerprint density at radius 2 is 1.87 bits per heavy atom. The number of hydrogen-bond donors (Lipinski definition) is 0. The van der Waals surface area contributed by atoms with Crippen LogP contribution in [0.2, 0.25) is 0 Å². The summed E-state index contributed by atoms with van der Waals surface area (Å²) in [4.78, 5) is 25.6. The Morgan fingerprint density at radius 1 is 1.22 bits per heavy atom. The van der Waals surface area contributed by atoms with Gasteiger partial charge < -0.3 is 14.1 Å². The van der Waals surface area contributed by atoms with Crippen molar-refractivity contribution in [2.75, 3.05) is 14.2 Å². The molecule has 0 spiro atoms. The molecule has 0 saturated carbocycles. The lowest BCUT2D eigenvalue weighted by atomic mass is 10.1. The molecule has 1 aromatic heterocycles. The van der Waals surface area contributed by atoms with Crippen LogP contribution in [-0.4, -0.2) is 30.9 Å². The molecule has 0 atom stereocenters. The number of benzene rings is 1. The van der Waals surface area contributed by atoms with Gasteiger partial charge >= 0.3 is 5.97 Å². The van der Waals surface area contributed by atoms with Gasteiger partial charge in [0.05, 0.1) is 13.7 Å². The van der Waals surface area contributed by atoms with Crippen molar-refractivity contribution < 1.29 is 18.7 Å². The summed E-state index contributed by atoms with van der Waals surface area (Å²) in [7, 11) is 3.02. The van der Waals surface area contributed by atoms with E-state index in [1.54, 1.807) is 24.9 Å². The van der Waals surface area contributed by atoms with Gasteiger partial charge in [-0.2, -0.15) is 0 Å². The smallest absolute Gasteiger partial charge is 0.341 e. The molecule has 0 aliphatic rings. The quantitative estimate of drug-likeness (QED) is 0.795. The van der Waals surface area contributed by atoms with Gasteiger partial charge in [0.2, 0.25) is 0 Å². The largest absolute Gasteiger partial charge is 0.465 e. The Kier molecular flexibility index (Phi) is 5.21. The zero-order valence-electron chi connectivity index (χ0n) is 13.9. The van der Waals surface area contributed by atoms with Gasteiger partial charge in [0.1, 0.15) is 17.1 Å². The van der Waals surface area contributed by atoms with E-state index >= 15 is 0 Å². The van der Waals surface area contributed by atoms with Gasteiger partial charge in [0.15, 0.2) is 0 Å². The first kappa shape index (κ1) is 16.8. The van der Waals surface area contributed by atoms with E-state index in [4.69, 9.17) is 9.15 Å². The Morgan fingerprint density at radius 3 is 2.43 bits per heavy atom. The summed E-state index contributed by atoms with van der Waals surface area (Å²) in [5.41, 5.74) is 2.20. The monoisotopic (exact) mass is 315 g/mol. The van der Waals surface area contributed by atoms with Crippen molar-refractivity contribution in [1.82, 2.24) is 4.90 Å². The van der Waals surface area contributed by atoms with Gasteiger partial charge in [0.25, 0.3) is 5.91 Å². The molecule has 5 heteroatoms. The van der Waals surface area contributed by atoms with E-state index in [9.17, 15) is 9.59 Å². The average Bonchev–Trinajstić information content (AvgIpc) is 2.93. The highest BCUT2D eigenvalue weighted by molar-refractivity contribution is 5.94. The van der Waals surface area contributed by atoms with Crippen LogP contribution in [0, 0.1) is 6.92 Å². The fourth-order valence-electron chi connectivity index (χ4n) is 2.34. The molecule has 0 aliphatic carbocycles. The maximum atomic E-state index is 12.4. The topological polar surface area (TPSA) is 59.8 Å². The van der Waals surface area contributed by atoms with E-state index < -0.39 is 5.97 Å². The van der Waals surface area contributed by atoms with Crippen molar-refractivity contribution in [3.63, 3.8) is 0 Å². The summed E-state index contributed by atoms with van der Waals surface area (Å²) in [5.74, 6) is 0.492.